The molecule has 2 N–H and O–H groups in total. The van der Waals surface area contributed by atoms with Crippen LogP contribution in [0.1, 0.15) is 11.1 Å². The molecule has 100 valence electrons. The summed E-state index contributed by atoms with van der Waals surface area (Å²) in [6.45, 7) is 4.26. The Hall–Kier alpha value is -2.00. The molecule has 0 fully saturated rings. The maximum atomic E-state index is 6.00. The largest absolute Gasteiger partial charge is 0.397 e. The van der Waals surface area contributed by atoms with Crippen molar-refractivity contribution < 1.29 is 0 Å². The monoisotopic (exact) mass is 280 g/mol. The Morgan fingerprint density at radius 1 is 1.00 bits per heavy atom. The van der Waals surface area contributed by atoms with E-state index < -0.39 is 0 Å². The molecule has 0 aliphatic carbocycles. The molecule has 0 unspecified atom stereocenters. The second kappa shape index (κ2) is 5.17. The average molecular weight is 280 g/mol. The summed E-state index contributed by atoms with van der Waals surface area (Å²) in [5, 5.41) is 1.11. The number of nitrogens with zero attached hydrogens (tertiary/aromatic N) is 1. The molecule has 1 heterocycles. The Bertz CT molecular complexity index is 781. The molecule has 1 aromatic heterocycles. The van der Waals surface area contributed by atoms with Crippen molar-refractivity contribution in [2.45, 2.75) is 23.6 Å². The van der Waals surface area contributed by atoms with Crippen molar-refractivity contribution in [3.63, 3.8) is 0 Å². The zero-order valence-corrected chi connectivity index (χ0v) is 12.4. The number of hydrogen-bond acceptors (Lipinski definition) is 3. The molecule has 0 amide bonds. The summed E-state index contributed by atoms with van der Waals surface area (Å²) in [7, 11) is 0. The van der Waals surface area contributed by atoms with Crippen molar-refractivity contribution in [2.75, 3.05) is 5.73 Å². The van der Waals surface area contributed by atoms with Crippen LogP contribution in [0.25, 0.3) is 10.9 Å². The van der Waals surface area contributed by atoms with Crippen molar-refractivity contribution in [3.8, 4) is 0 Å². The molecule has 0 bridgehead atoms. The Labute approximate surface area is 123 Å². The van der Waals surface area contributed by atoms with Crippen molar-refractivity contribution in [3.05, 3.63) is 59.8 Å². The fourth-order valence-electron chi connectivity index (χ4n) is 2.20. The van der Waals surface area contributed by atoms with Crippen LogP contribution in [0.5, 0.6) is 0 Å². The molecule has 0 radical (unpaired) electrons. The maximum Gasteiger partial charge on any atom is 0.0942 e. The molecular formula is C17H16N2S. The van der Waals surface area contributed by atoms with Gasteiger partial charge in [0.2, 0.25) is 0 Å². The van der Waals surface area contributed by atoms with E-state index in [9.17, 15) is 0 Å². The molecule has 20 heavy (non-hydrogen) atoms. The summed E-state index contributed by atoms with van der Waals surface area (Å²) >= 11 is 1.77. The summed E-state index contributed by atoms with van der Waals surface area (Å²) in [4.78, 5) is 6.85. The zero-order chi connectivity index (χ0) is 14.1. The first-order valence-electron chi connectivity index (χ1n) is 6.53. The molecule has 0 spiro atoms. The minimum Gasteiger partial charge on any atom is -0.397 e. The Kier molecular flexibility index (Phi) is 3.36. The Morgan fingerprint density at radius 3 is 2.70 bits per heavy atom. The highest BCUT2D eigenvalue weighted by Crippen LogP contribution is 2.36. The second-order valence-corrected chi connectivity index (χ2v) is 6.01. The van der Waals surface area contributed by atoms with Gasteiger partial charge < -0.3 is 5.73 Å². The maximum absolute atomic E-state index is 6.00. The molecule has 0 saturated carbocycles. The van der Waals surface area contributed by atoms with E-state index in [0.717, 1.165) is 16.6 Å². The Balaban J connectivity index is 2.11. The molecule has 3 rings (SSSR count). The van der Waals surface area contributed by atoms with E-state index in [1.54, 1.807) is 11.8 Å². The van der Waals surface area contributed by atoms with E-state index in [1.807, 2.05) is 24.4 Å². The van der Waals surface area contributed by atoms with Crippen LogP contribution in [0.4, 0.5) is 5.69 Å². The first-order chi connectivity index (χ1) is 9.65. The van der Waals surface area contributed by atoms with Gasteiger partial charge in [-0.2, -0.15) is 0 Å². The SMILES string of the molecule is Cc1ccc(C)c(Sc2ccnc3c(N)cccc23)c1. The van der Waals surface area contributed by atoms with Crippen molar-refractivity contribution >= 4 is 28.4 Å². The predicted octanol–water partition coefficient (Wildman–Crippen LogP) is 4.59. The molecule has 0 aliphatic rings. The van der Waals surface area contributed by atoms with Gasteiger partial charge in [-0.15, -0.1) is 0 Å². The number of nitrogens with two attached hydrogens (primary N) is 1. The predicted molar refractivity (Wildman–Crippen MR) is 86.2 cm³/mol. The third-order valence-corrected chi connectivity index (χ3v) is 4.56. The van der Waals surface area contributed by atoms with Crippen LogP contribution in [0.15, 0.2) is 58.5 Å². The van der Waals surface area contributed by atoms with Gasteiger partial charge in [-0.05, 0) is 43.2 Å². The van der Waals surface area contributed by atoms with Crippen LogP contribution in [-0.4, -0.2) is 4.98 Å². The second-order valence-electron chi connectivity index (χ2n) is 4.92. The number of para-hydroxylation sites is 1. The van der Waals surface area contributed by atoms with Gasteiger partial charge in [-0.3, -0.25) is 4.98 Å². The van der Waals surface area contributed by atoms with Gasteiger partial charge in [0, 0.05) is 21.4 Å². The average Bonchev–Trinajstić information content (AvgIpc) is 2.44. The zero-order valence-electron chi connectivity index (χ0n) is 11.6. The fourth-order valence-corrected chi connectivity index (χ4v) is 3.31. The minimum absolute atomic E-state index is 0.728. The molecule has 2 aromatic carbocycles. The third-order valence-electron chi connectivity index (χ3n) is 3.33. The first-order valence-corrected chi connectivity index (χ1v) is 7.35. The van der Waals surface area contributed by atoms with Crippen LogP contribution in [0.3, 0.4) is 0 Å². The van der Waals surface area contributed by atoms with Crippen molar-refractivity contribution in [2.24, 2.45) is 0 Å². The summed E-state index contributed by atoms with van der Waals surface area (Å²) in [6.07, 6.45) is 1.83. The standard InChI is InChI=1S/C17H16N2S/c1-11-6-7-12(2)16(10-11)20-15-8-9-19-17-13(15)4-3-5-14(17)18/h3-10H,18H2,1-2H3. The number of pyridine rings is 1. The van der Waals surface area contributed by atoms with Gasteiger partial charge in [0.1, 0.15) is 0 Å². The molecule has 0 aliphatic heterocycles. The summed E-state index contributed by atoms with van der Waals surface area (Å²) in [5.41, 5.74) is 10.2. The van der Waals surface area contributed by atoms with Gasteiger partial charge in [0.25, 0.3) is 0 Å². The van der Waals surface area contributed by atoms with Gasteiger partial charge in [-0.1, -0.05) is 36.0 Å². The quantitative estimate of drug-likeness (QED) is 0.698. The third kappa shape index (κ3) is 2.37. The van der Waals surface area contributed by atoms with Gasteiger partial charge in [0.05, 0.1) is 11.2 Å². The van der Waals surface area contributed by atoms with Crippen molar-refractivity contribution in [1.82, 2.24) is 4.98 Å². The van der Waals surface area contributed by atoms with Crippen LogP contribution < -0.4 is 5.73 Å². The van der Waals surface area contributed by atoms with Crippen molar-refractivity contribution in [1.29, 1.82) is 0 Å². The van der Waals surface area contributed by atoms with Gasteiger partial charge >= 0.3 is 0 Å². The number of rotatable bonds is 2. The summed E-state index contributed by atoms with van der Waals surface area (Å²) < 4.78 is 0. The van der Waals surface area contributed by atoms with E-state index in [1.165, 1.54) is 20.9 Å². The van der Waals surface area contributed by atoms with E-state index in [2.05, 4.69) is 43.1 Å². The lowest BCUT2D eigenvalue weighted by atomic mass is 10.2. The summed E-state index contributed by atoms with van der Waals surface area (Å²) in [5.74, 6) is 0. The lowest BCUT2D eigenvalue weighted by Crippen LogP contribution is -1.90. The number of hydrogen-bond donors (Lipinski definition) is 1. The Morgan fingerprint density at radius 2 is 1.85 bits per heavy atom. The lowest BCUT2D eigenvalue weighted by Gasteiger charge is -2.10. The molecule has 2 nitrogen and oxygen atoms in total. The highest BCUT2D eigenvalue weighted by molar-refractivity contribution is 7.99. The number of benzene rings is 2. The molecular weight excluding hydrogens is 264 g/mol. The first kappa shape index (κ1) is 13.0. The minimum atomic E-state index is 0.728. The number of anilines is 1. The smallest absolute Gasteiger partial charge is 0.0942 e. The number of nitrogen functional groups attached to an aromatic ring is 1. The number of aromatic nitrogens is 1. The fraction of sp³-hybridized carbons (Fsp3) is 0.118. The van der Waals surface area contributed by atoms with E-state index >= 15 is 0 Å². The van der Waals surface area contributed by atoms with Gasteiger partial charge in [-0.25, -0.2) is 0 Å². The number of aryl methyl sites for hydroxylation is 2. The number of fused-ring (bicyclic) bond motifs is 1. The van der Waals surface area contributed by atoms with Crippen LogP contribution in [0.2, 0.25) is 0 Å². The molecule has 3 aromatic rings. The van der Waals surface area contributed by atoms with Crippen LogP contribution in [-0.2, 0) is 0 Å². The van der Waals surface area contributed by atoms with Gasteiger partial charge in [0.15, 0.2) is 0 Å². The topological polar surface area (TPSA) is 38.9 Å². The van der Waals surface area contributed by atoms with E-state index in [-0.39, 0.29) is 0 Å². The molecule has 0 atom stereocenters. The van der Waals surface area contributed by atoms with E-state index in [0.29, 0.717) is 0 Å². The summed E-state index contributed by atoms with van der Waals surface area (Å²) in [6, 6.07) is 14.5. The normalized spacial score (nSPS) is 10.9. The molecule has 3 heteroatoms. The molecule has 0 saturated heterocycles. The van der Waals surface area contributed by atoms with Crippen LogP contribution >= 0.6 is 11.8 Å². The lowest BCUT2D eigenvalue weighted by molar-refractivity contribution is 1.25. The highest BCUT2D eigenvalue weighted by atomic mass is 32.2. The van der Waals surface area contributed by atoms with E-state index in [4.69, 9.17) is 5.73 Å². The van der Waals surface area contributed by atoms with Crippen LogP contribution in [0, 0.1) is 13.8 Å². The highest BCUT2D eigenvalue weighted by Gasteiger charge is 2.07.